The van der Waals surface area contributed by atoms with Gasteiger partial charge in [0.1, 0.15) is 0 Å². The van der Waals surface area contributed by atoms with E-state index in [4.69, 9.17) is 11.6 Å². The topological polar surface area (TPSA) is 0 Å². The molecule has 0 spiro atoms. The number of rotatable bonds is 2. The summed E-state index contributed by atoms with van der Waals surface area (Å²) in [6.07, 6.45) is 5.45. The van der Waals surface area contributed by atoms with E-state index < -0.39 is 0 Å². The molecule has 1 atom stereocenters. The lowest BCUT2D eigenvalue weighted by Crippen LogP contribution is -1.81. The second kappa shape index (κ2) is 3.94. The normalized spacial score (nSPS) is 14.6. The molecule has 0 amide bonds. The second-order valence-corrected chi connectivity index (χ2v) is 1.71. The molecule has 0 fully saturated rings. The highest BCUT2D eigenvalue weighted by Gasteiger charge is 1.84. The summed E-state index contributed by atoms with van der Waals surface area (Å²) in [7, 11) is 0. The molecule has 0 aromatic carbocycles. The van der Waals surface area contributed by atoms with Crippen molar-refractivity contribution in [3.8, 4) is 0 Å². The monoisotopic (exact) mass is 116 g/mol. The third-order valence-electron chi connectivity index (χ3n) is 0.601. The summed E-state index contributed by atoms with van der Waals surface area (Å²) >= 11 is 5.56. The van der Waals surface area contributed by atoms with E-state index in [9.17, 15) is 0 Å². The number of allylic oxidation sites excluding steroid dienone is 3. The molecule has 0 bridgehead atoms. The van der Waals surface area contributed by atoms with Crippen molar-refractivity contribution in [3.63, 3.8) is 0 Å². The van der Waals surface area contributed by atoms with Gasteiger partial charge in [-0.2, -0.15) is 0 Å². The molecule has 7 heavy (non-hydrogen) atoms. The van der Waals surface area contributed by atoms with Gasteiger partial charge in [-0.05, 0) is 6.92 Å². The van der Waals surface area contributed by atoms with Gasteiger partial charge < -0.3 is 0 Å². The molecule has 0 aromatic rings. The van der Waals surface area contributed by atoms with E-state index in [0.29, 0.717) is 0 Å². The largest absolute Gasteiger partial charge is 0.114 e. The number of hydrogen-bond donors (Lipinski definition) is 0. The molecule has 1 heteroatoms. The maximum absolute atomic E-state index is 5.56. The Morgan fingerprint density at radius 2 is 2.29 bits per heavy atom. The zero-order chi connectivity index (χ0) is 5.70. The van der Waals surface area contributed by atoms with Crippen molar-refractivity contribution in [2.45, 2.75) is 12.3 Å². The second-order valence-electron chi connectivity index (χ2n) is 1.21. The van der Waals surface area contributed by atoms with E-state index in [1.807, 2.05) is 19.1 Å². The molecule has 0 saturated heterocycles. The standard InChI is InChI=1S/C6H9Cl/c1-3-5-6(7)4-2/h3-6H,2H2,1H3/b5-3+. The van der Waals surface area contributed by atoms with Crippen LogP contribution in [0, 0.1) is 0 Å². The summed E-state index contributed by atoms with van der Waals surface area (Å²) in [5.41, 5.74) is 0. The lowest BCUT2D eigenvalue weighted by Gasteiger charge is -1.87. The fourth-order valence-electron chi connectivity index (χ4n) is 0.262. The van der Waals surface area contributed by atoms with E-state index in [2.05, 4.69) is 6.58 Å². The van der Waals surface area contributed by atoms with Crippen LogP contribution in [0.2, 0.25) is 0 Å². The van der Waals surface area contributed by atoms with Crippen LogP contribution in [-0.2, 0) is 0 Å². The van der Waals surface area contributed by atoms with Crippen LogP contribution in [0.15, 0.2) is 24.8 Å². The fraction of sp³-hybridized carbons (Fsp3) is 0.333. The Kier molecular flexibility index (Phi) is 3.81. The summed E-state index contributed by atoms with van der Waals surface area (Å²) in [6, 6.07) is 0. The molecule has 0 nitrogen and oxygen atoms in total. The molecule has 0 N–H and O–H groups in total. The van der Waals surface area contributed by atoms with Crippen molar-refractivity contribution in [3.05, 3.63) is 24.8 Å². The Balaban J connectivity index is 3.35. The molecule has 0 rings (SSSR count). The summed E-state index contributed by atoms with van der Waals surface area (Å²) in [6.45, 7) is 5.43. The molecule has 1 unspecified atom stereocenters. The van der Waals surface area contributed by atoms with Gasteiger partial charge in [-0.15, -0.1) is 18.2 Å². The predicted molar refractivity (Wildman–Crippen MR) is 34.7 cm³/mol. The first-order chi connectivity index (χ1) is 3.31. The van der Waals surface area contributed by atoms with Crippen LogP contribution in [0.5, 0.6) is 0 Å². The molecular weight excluding hydrogens is 108 g/mol. The average molecular weight is 117 g/mol. The van der Waals surface area contributed by atoms with Crippen LogP contribution in [0.1, 0.15) is 6.92 Å². The lowest BCUT2D eigenvalue weighted by atomic mass is 10.4. The van der Waals surface area contributed by atoms with Gasteiger partial charge in [0, 0.05) is 0 Å². The Hall–Kier alpha value is -0.230. The third-order valence-corrected chi connectivity index (χ3v) is 0.925. The van der Waals surface area contributed by atoms with E-state index in [0.717, 1.165) is 0 Å². The van der Waals surface area contributed by atoms with Crippen LogP contribution < -0.4 is 0 Å². The van der Waals surface area contributed by atoms with Crippen LogP contribution in [0.25, 0.3) is 0 Å². The molecule has 0 aliphatic rings. The van der Waals surface area contributed by atoms with Crippen molar-refractivity contribution < 1.29 is 0 Å². The van der Waals surface area contributed by atoms with Gasteiger partial charge in [-0.3, -0.25) is 0 Å². The van der Waals surface area contributed by atoms with Gasteiger partial charge in [-0.25, -0.2) is 0 Å². The highest BCUT2D eigenvalue weighted by Crippen LogP contribution is 1.96. The maximum Gasteiger partial charge on any atom is 0.0694 e. The van der Waals surface area contributed by atoms with Crippen LogP contribution in [0.4, 0.5) is 0 Å². The van der Waals surface area contributed by atoms with Crippen molar-refractivity contribution in [1.29, 1.82) is 0 Å². The Morgan fingerprint density at radius 3 is 2.43 bits per heavy atom. The number of alkyl halides is 1. The van der Waals surface area contributed by atoms with Gasteiger partial charge in [0.2, 0.25) is 0 Å². The quantitative estimate of drug-likeness (QED) is 0.384. The van der Waals surface area contributed by atoms with Gasteiger partial charge in [0.15, 0.2) is 0 Å². The highest BCUT2D eigenvalue weighted by molar-refractivity contribution is 6.22. The number of hydrogen-bond acceptors (Lipinski definition) is 0. The van der Waals surface area contributed by atoms with E-state index in [1.165, 1.54) is 0 Å². The van der Waals surface area contributed by atoms with Crippen LogP contribution in [-0.4, -0.2) is 5.38 Å². The molecule has 0 aliphatic carbocycles. The third kappa shape index (κ3) is 3.60. The zero-order valence-electron chi connectivity index (χ0n) is 4.39. The Bertz CT molecular complexity index is 74.2. The lowest BCUT2D eigenvalue weighted by molar-refractivity contribution is 1.39. The van der Waals surface area contributed by atoms with Crippen molar-refractivity contribution in [2.75, 3.05) is 0 Å². The summed E-state index contributed by atoms with van der Waals surface area (Å²) in [5, 5.41) is 0.00463. The van der Waals surface area contributed by atoms with Gasteiger partial charge in [0.05, 0.1) is 5.38 Å². The Morgan fingerprint density at radius 1 is 1.71 bits per heavy atom. The predicted octanol–water partition coefficient (Wildman–Crippen LogP) is 2.36. The zero-order valence-corrected chi connectivity index (χ0v) is 5.15. The van der Waals surface area contributed by atoms with Crippen molar-refractivity contribution >= 4 is 11.6 Å². The number of halogens is 1. The van der Waals surface area contributed by atoms with E-state index >= 15 is 0 Å². The minimum absolute atomic E-state index is 0.00463. The first-order valence-electron chi connectivity index (χ1n) is 2.20. The molecule has 0 saturated carbocycles. The summed E-state index contributed by atoms with van der Waals surface area (Å²) in [4.78, 5) is 0. The van der Waals surface area contributed by atoms with Crippen LogP contribution >= 0.6 is 11.6 Å². The first-order valence-corrected chi connectivity index (χ1v) is 2.64. The van der Waals surface area contributed by atoms with Gasteiger partial charge >= 0.3 is 0 Å². The summed E-state index contributed by atoms with van der Waals surface area (Å²) < 4.78 is 0. The molecule has 0 aromatic heterocycles. The van der Waals surface area contributed by atoms with Gasteiger partial charge in [-0.1, -0.05) is 18.2 Å². The smallest absolute Gasteiger partial charge is 0.0694 e. The van der Waals surface area contributed by atoms with Crippen molar-refractivity contribution in [1.82, 2.24) is 0 Å². The molecule has 40 valence electrons. The van der Waals surface area contributed by atoms with Crippen LogP contribution in [0.3, 0.4) is 0 Å². The van der Waals surface area contributed by atoms with Gasteiger partial charge in [0.25, 0.3) is 0 Å². The minimum atomic E-state index is 0.00463. The SMILES string of the molecule is C=CC(Cl)/C=C/C. The molecule has 0 aliphatic heterocycles. The molecular formula is C6H9Cl. The van der Waals surface area contributed by atoms with Crippen molar-refractivity contribution in [2.24, 2.45) is 0 Å². The van der Waals surface area contributed by atoms with E-state index in [-0.39, 0.29) is 5.38 Å². The first kappa shape index (κ1) is 6.77. The molecule has 0 heterocycles. The molecule has 0 radical (unpaired) electrons. The van der Waals surface area contributed by atoms with E-state index in [1.54, 1.807) is 6.08 Å². The Labute approximate surface area is 49.5 Å². The minimum Gasteiger partial charge on any atom is -0.114 e. The maximum atomic E-state index is 5.56. The average Bonchev–Trinajstić information content (AvgIpc) is 1.68. The highest BCUT2D eigenvalue weighted by atomic mass is 35.5. The fourth-order valence-corrected chi connectivity index (χ4v) is 0.408. The summed E-state index contributed by atoms with van der Waals surface area (Å²) in [5.74, 6) is 0.